The van der Waals surface area contributed by atoms with Crippen LogP contribution in [0.3, 0.4) is 0 Å². The Bertz CT molecular complexity index is 683. The van der Waals surface area contributed by atoms with Crippen LogP contribution in [0, 0.1) is 29.6 Å². The molecule has 0 aromatic heterocycles. The second-order valence-electron chi connectivity index (χ2n) is 8.50. The number of hydrogen-bond donors (Lipinski definition) is 2. The van der Waals surface area contributed by atoms with Gasteiger partial charge in [0.25, 0.3) is 0 Å². The van der Waals surface area contributed by atoms with E-state index >= 15 is 0 Å². The number of nitrogens with one attached hydrogen (secondary N) is 2. The average molecular weight is 337 g/mol. The van der Waals surface area contributed by atoms with Crippen molar-refractivity contribution >= 4 is 17.4 Å². The third-order valence-electron chi connectivity index (χ3n) is 6.87. The predicted octanol–water partition coefficient (Wildman–Crippen LogP) is 3.44. The van der Waals surface area contributed by atoms with Crippen molar-refractivity contribution in [1.29, 1.82) is 0 Å². The highest BCUT2D eigenvalue weighted by molar-refractivity contribution is 6.07. The Hall–Kier alpha value is -1.84. The van der Waals surface area contributed by atoms with Gasteiger partial charge in [-0.1, -0.05) is 12.1 Å². The molecule has 1 aromatic carbocycles. The van der Waals surface area contributed by atoms with Crippen LogP contribution < -0.4 is 10.6 Å². The van der Waals surface area contributed by atoms with Gasteiger partial charge >= 0.3 is 0 Å². The number of amides is 1. The molecule has 6 rings (SSSR count). The molecule has 1 heterocycles. The number of aliphatic imine (C=N–C) groups is 1. The van der Waals surface area contributed by atoms with Crippen molar-refractivity contribution in [3.8, 4) is 0 Å². The maximum atomic E-state index is 13.2. The quantitative estimate of drug-likeness (QED) is 0.888. The van der Waals surface area contributed by atoms with Gasteiger partial charge in [0.15, 0.2) is 0 Å². The highest BCUT2D eigenvalue weighted by Crippen LogP contribution is 2.56. The summed E-state index contributed by atoms with van der Waals surface area (Å²) in [5.74, 6) is 4.44. The van der Waals surface area contributed by atoms with E-state index in [0.29, 0.717) is 11.8 Å². The van der Waals surface area contributed by atoms with Crippen LogP contribution in [0.15, 0.2) is 29.3 Å². The topological polar surface area (TPSA) is 53.5 Å². The van der Waals surface area contributed by atoms with Gasteiger partial charge in [0.05, 0.1) is 5.69 Å². The fourth-order valence-corrected chi connectivity index (χ4v) is 6.08. The van der Waals surface area contributed by atoms with E-state index in [1.165, 1.54) is 32.1 Å². The molecule has 0 unspecified atom stereocenters. The normalized spacial score (nSPS) is 35.8. The van der Waals surface area contributed by atoms with Crippen molar-refractivity contribution in [2.24, 2.45) is 34.6 Å². The Morgan fingerprint density at radius 2 is 1.76 bits per heavy atom. The summed E-state index contributed by atoms with van der Waals surface area (Å²) in [4.78, 5) is 17.8. The molecule has 1 amide bonds. The highest BCUT2D eigenvalue weighted by atomic mass is 16.1. The van der Waals surface area contributed by atoms with Crippen LogP contribution in [0.5, 0.6) is 0 Å². The number of hydrogen-bond acceptors (Lipinski definition) is 3. The zero-order valence-corrected chi connectivity index (χ0v) is 14.7. The number of nitrogens with zero attached hydrogens (tertiary/aromatic N) is 1. The molecule has 132 valence electrons. The van der Waals surface area contributed by atoms with Gasteiger partial charge in [0.1, 0.15) is 5.84 Å². The molecule has 4 bridgehead atoms. The Labute approximate surface area is 149 Å². The summed E-state index contributed by atoms with van der Waals surface area (Å²) in [7, 11) is 0. The summed E-state index contributed by atoms with van der Waals surface area (Å²) in [5.41, 5.74) is 1.94. The summed E-state index contributed by atoms with van der Waals surface area (Å²) in [6, 6.07) is 8.10. The summed E-state index contributed by atoms with van der Waals surface area (Å²) in [5, 5.41) is 6.65. The molecule has 4 heteroatoms. The van der Waals surface area contributed by atoms with Crippen molar-refractivity contribution in [2.45, 2.75) is 38.5 Å². The minimum Gasteiger partial charge on any atom is -0.370 e. The van der Waals surface area contributed by atoms with Gasteiger partial charge in [-0.15, -0.1) is 0 Å². The van der Waals surface area contributed by atoms with Crippen LogP contribution in [0.25, 0.3) is 0 Å². The SMILES string of the molecule is O=C(Nc1ccccc1C1=NCCCN1)C1C2CC3CC(C2)CC1C3. The van der Waals surface area contributed by atoms with Gasteiger partial charge in [-0.25, -0.2) is 0 Å². The first-order chi connectivity index (χ1) is 12.3. The van der Waals surface area contributed by atoms with Crippen molar-refractivity contribution < 1.29 is 4.79 Å². The molecular weight excluding hydrogens is 310 g/mol. The Morgan fingerprint density at radius 1 is 1.04 bits per heavy atom. The third kappa shape index (κ3) is 2.76. The molecule has 1 aliphatic heterocycles. The van der Waals surface area contributed by atoms with Crippen LogP contribution in [0.2, 0.25) is 0 Å². The molecule has 2 N–H and O–H groups in total. The average Bonchev–Trinajstić information content (AvgIpc) is 2.62. The maximum absolute atomic E-state index is 13.2. The van der Waals surface area contributed by atoms with Crippen molar-refractivity contribution in [3.05, 3.63) is 29.8 Å². The number of carbonyl (C=O) groups excluding carboxylic acids is 1. The summed E-state index contributed by atoms with van der Waals surface area (Å²) in [6.07, 6.45) is 7.62. The predicted molar refractivity (Wildman–Crippen MR) is 99.6 cm³/mol. The molecule has 5 aliphatic rings. The summed E-state index contributed by atoms with van der Waals surface area (Å²) < 4.78 is 0. The Kier molecular flexibility index (Phi) is 3.79. The highest BCUT2D eigenvalue weighted by Gasteiger charge is 2.50. The second-order valence-corrected chi connectivity index (χ2v) is 8.50. The van der Waals surface area contributed by atoms with Crippen LogP contribution >= 0.6 is 0 Å². The van der Waals surface area contributed by atoms with Gasteiger partial charge in [-0.2, -0.15) is 0 Å². The number of amidine groups is 1. The Balaban J connectivity index is 1.37. The van der Waals surface area contributed by atoms with Crippen LogP contribution in [-0.4, -0.2) is 24.8 Å². The lowest BCUT2D eigenvalue weighted by atomic mass is 9.51. The van der Waals surface area contributed by atoms with E-state index in [0.717, 1.165) is 48.4 Å². The molecular formula is C21H27N3O. The van der Waals surface area contributed by atoms with E-state index in [-0.39, 0.29) is 11.8 Å². The van der Waals surface area contributed by atoms with E-state index in [1.54, 1.807) is 0 Å². The number of para-hydroxylation sites is 1. The minimum absolute atomic E-state index is 0.224. The van der Waals surface area contributed by atoms with Gasteiger partial charge in [-0.3, -0.25) is 9.79 Å². The van der Waals surface area contributed by atoms with Crippen molar-refractivity contribution in [3.63, 3.8) is 0 Å². The van der Waals surface area contributed by atoms with Crippen molar-refractivity contribution in [2.75, 3.05) is 18.4 Å². The van der Waals surface area contributed by atoms with E-state index in [4.69, 9.17) is 0 Å². The number of carbonyl (C=O) groups is 1. The molecule has 4 aliphatic carbocycles. The number of benzene rings is 1. The molecule has 4 fully saturated rings. The standard InChI is InChI=1S/C21H27N3O/c25-21(19-15-9-13-8-14(11-15)12-16(19)10-13)24-18-5-2-1-4-17(18)20-22-6-3-7-23-20/h1-2,4-5,13-16,19H,3,6-12H2,(H,22,23)(H,24,25). The summed E-state index contributed by atoms with van der Waals surface area (Å²) >= 11 is 0. The van der Waals surface area contributed by atoms with Crippen LogP contribution in [0.4, 0.5) is 5.69 Å². The first kappa shape index (κ1) is 15.4. The first-order valence-corrected chi connectivity index (χ1v) is 9.96. The zero-order chi connectivity index (χ0) is 16.8. The molecule has 0 atom stereocenters. The van der Waals surface area contributed by atoms with Gasteiger partial charge in [0.2, 0.25) is 5.91 Å². The summed E-state index contributed by atoms with van der Waals surface area (Å²) in [6.45, 7) is 1.82. The lowest BCUT2D eigenvalue weighted by Crippen LogP contribution is -2.49. The van der Waals surface area contributed by atoms with Crippen LogP contribution in [-0.2, 0) is 4.79 Å². The van der Waals surface area contributed by atoms with E-state index in [1.807, 2.05) is 18.2 Å². The Morgan fingerprint density at radius 3 is 2.44 bits per heavy atom. The molecule has 0 spiro atoms. The van der Waals surface area contributed by atoms with E-state index in [2.05, 4.69) is 21.7 Å². The number of rotatable bonds is 3. The molecule has 1 aromatic rings. The molecule has 25 heavy (non-hydrogen) atoms. The van der Waals surface area contributed by atoms with Crippen molar-refractivity contribution in [1.82, 2.24) is 5.32 Å². The zero-order valence-electron chi connectivity index (χ0n) is 14.7. The smallest absolute Gasteiger partial charge is 0.228 e. The lowest BCUT2D eigenvalue weighted by Gasteiger charge is -2.53. The fourth-order valence-electron chi connectivity index (χ4n) is 6.08. The maximum Gasteiger partial charge on any atom is 0.228 e. The first-order valence-electron chi connectivity index (χ1n) is 9.96. The molecule has 0 radical (unpaired) electrons. The largest absolute Gasteiger partial charge is 0.370 e. The van der Waals surface area contributed by atoms with Gasteiger partial charge in [0, 0.05) is 24.6 Å². The second kappa shape index (κ2) is 6.15. The molecule has 0 saturated heterocycles. The van der Waals surface area contributed by atoms with Crippen LogP contribution in [0.1, 0.15) is 44.1 Å². The third-order valence-corrected chi connectivity index (χ3v) is 6.87. The molecule has 4 saturated carbocycles. The van der Waals surface area contributed by atoms with Gasteiger partial charge < -0.3 is 10.6 Å². The number of anilines is 1. The van der Waals surface area contributed by atoms with E-state index < -0.39 is 0 Å². The molecule has 4 nitrogen and oxygen atoms in total. The minimum atomic E-state index is 0.224. The fraction of sp³-hybridized carbons (Fsp3) is 0.619. The monoisotopic (exact) mass is 337 g/mol. The van der Waals surface area contributed by atoms with E-state index in [9.17, 15) is 4.79 Å². The van der Waals surface area contributed by atoms with Gasteiger partial charge in [-0.05, 0) is 74.3 Å². The lowest BCUT2D eigenvalue weighted by molar-refractivity contribution is -0.132.